The lowest BCUT2D eigenvalue weighted by Crippen LogP contribution is -2.05. The SMILES string of the molecule is CCCNc1nccc(Nc2ccc(Cl)cc2)n1. The van der Waals surface area contributed by atoms with Crippen molar-refractivity contribution < 1.29 is 0 Å². The number of nitrogens with one attached hydrogen (secondary N) is 2. The summed E-state index contributed by atoms with van der Waals surface area (Å²) in [6, 6.07) is 9.31. The highest BCUT2D eigenvalue weighted by molar-refractivity contribution is 6.30. The second-order valence-corrected chi connectivity index (χ2v) is 4.26. The number of benzene rings is 1. The van der Waals surface area contributed by atoms with Gasteiger partial charge in [-0.2, -0.15) is 4.98 Å². The van der Waals surface area contributed by atoms with Gasteiger partial charge in [0.05, 0.1) is 0 Å². The first-order valence-corrected chi connectivity index (χ1v) is 6.25. The van der Waals surface area contributed by atoms with E-state index < -0.39 is 0 Å². The molecular formula is C13H15ClN4. The summed E-state index contributed by atoms with van der Waals surface area (Å²) in [7, 11) is 0. The van der Waals surface area contributed by atoms with Crippen LogP contribution in [0.4, 0.5) is 17.5 Å². The van der Waals surface area contributed by atoms with Crippen molar-refractivity contribution in [2.24, 2.45) is 0 Å². The van der Waals surface area contributed by atoms with Crippen LogP contribution in [0.15, 0.2) is 36.5 Å². The Morgan fingerprint density at radius 1 is 1.17 bits per heavy atom. The molecular weight excluding hydrogens is 248 g/mol. The van der Waals surface area contributed by atoms with E-state index in [2.05, 4.69) is 27.5 Å². The van der Waals surface area contributed by atoms with Gasteiger partial charge < -0.3 is 10.6 Å². The fourth-order valence-corrected chi connectivity index (χ4v) is 1.56. The molecule has 0 bridgehead atoms. The molecule has 0 aliphatic heterocycles. The van der Waals surface area contributed by atoms with Crippen molar-refractivity contribution in [3.8, 4) is 0 Å². The summed E-state index contributed by atoms with van der Waals surface area (Å²) < 4.78 is 0. The van der Waals surface area contributed by atoms with E-state index in [0.717, 1.165) is 24.5 Å². The Morgan fingerprint density at radius 3 is 2.67 bits per heavy atom. The van der Waals surface area contributed by atoms with Gasteiger partial charge >= 0.3 is 0 Å². The predicted octanol–water partition coefficient (Wildman–Crippen LogP) is 3.70. The number of nitrogens with zero attached hydrogens (tertiary/aromatic N) is 2. The van der Waals surface area contributed by atoms with Crippen LogP contribution in [-0.2, 0) is 0 Å². The zero-order valence-electron chi connectivity index (χ0n) is 10.2. The van der Waals surface area contributed by atoms with Crippen LogP contribution < -0.4 is 10.6 Å². The summed E-state index contributed by atoms with van der Waals surface area (Å²) in [6.07, 6.45) is 2.77. The van der Waals surface area contributed by atoms with Crippen molar-refractivity contribution in [1.82, 2.24) is 9.97 Å². The Labute approximate surface area is 111 Å². The third kappa shape index (κ3) is 3.60. The van der Waals surface area contributed by atoms with E-state index in [9.17, 15) is 0 Å². The summed E-state index contributed by atoms with van der Waals surface area (Å²) in [5, 5.41) is 7.06. The first-order chi connectivity index (χ1) is 8.78. The summed E-state index contributed by atoms with van der Waals surface area (Å²) in [4.78, 5) is 8.51. The Balaban J connectivity index is 2.06. The van der Waals surface area contributed by atoms with Gasteiger partial charge in [0.1, 0.15) is 5.82 Å². The van der Waals surface area contributed by atoms with Gasteiger partial charge in [-0.15, -0.1) is 0 Å². The smallest absolute Gasteiger partial charge is 0.224 e. The summed E-state index contributed by atoms with van der Waals surface area (Å²) in [5.74, 6) is 1.39. The molecule has 1 aromatic heterocycles. The first kappa shape index (κ1) is 12.6. The molecule has 0 radical (unpaired) electrons. The summed E-state index contributed by atoms with van der Waals surface area (Å²) >= 11 is 5.83. The topological polar surface area (TPSA) is 49.8 Å². The number of halogens is 1. The van der Waals surface area contributed by atoms with Crippen LogP contribution in [-0.4, -0.2) is 16.5 Å². The molecule has 0 unspecified atom stereocenters. The highest BCUT2D eigenvalue weighted by Crippen LogP contribution is 2.17. The largest absolute Gasteiger partial charge is 0.354 e. The van der Waals surface area contributed by atoms with E-state index >= 15 is 0 Å². The van der Waals surface area contributed by atoms with E-state index in [0.29, 0.717) is 11.0 Å². The maximum Gasteiger partial charge on any atom is 0.224 e. The summed E-state index contributed by atoms with van der Waals surface area (Å²) in [6.45, 7) is 2.97. The number of rotatable bonds is 5. The number of hydrogen-bond acceptors (Lipinski definition) is 4. The quantitative estimate of drug-likeness (QED) is 0.863. The molecule has 94 valence electrons. The van der Waals surface area contributed by atoms with Crippen molar-refractivity contribution in [2.75, 3.05) is 17.2 Å². The third-order valence-electron chi connectivity index (χ3n) is 2.31. The lowest BCUT2D eigenvalue weighted by atomic mass is 10.3. The molecule has 18 heavy (non-hydrogen) atoms. The molecule has 0 aliphatic rings. The predicted molar refractivity (Wildman–Crippen MR) is 75.5 cm³/mol. The molecule has 0 amide bonds. The van der Waals surface area contributed by atoms with Gasteiger partial charge in [-0.05, 0) is 36.8 Å². The highest BCUT2D eigenvalue weighted by atomic mass is 35.5. The fraction of sp³-hybridized carbons (Fsp3) is 0.231. The normalized spacial score (nSPS) is 10.1. The molecule has 0 saturated heterocycles. The van der Waals surface area contributed by atoms with E-state index in [1.54, 1.807) is 6.20 Å². The maximum atomic E-state index is 5.83. The van der Waals surface area contributed by atoms with Crippen LogP contribution in [0.25, 0.3) is 0 Å². The average Bonchev–Trinajstić information content (AvgIpc) is 2.40. The molecule has 0 saturated carbocycles. The zero-order chi connectivity index (χ0) is 12.8. The molecule has 5 heteroatoms. The van der Waals surface area contributed by atoms with Crippen LogP contribution in [0.3, 0.4) is 0 Å². The van der Waals surface area contributed by atoms with E-state index in [4.69, 9.17) is 11.6 Å². The van der Waals surface area contributed by atoms with Gasteiger partial charge in [0.15, 0.2) is 0 Å². The Bertz CT molecular complexity index is 499. The standard InChI is InChI=1S/C13H15ClN4/c1-2-8-15-13-16-9-7-12(18-13)17-11-5-3-10(14)4-6-11/h3-7,9H,2,8H2,1H3,(H2,15,16,17,18). The molecule has 2 N–H and O–H groups in total. The van der Waals surface area contributed by atoms with Gasteiger partial charge in [0.25, 0.3) is 0 Å². The maximum absolute atomic E-state index is 5.83. The lowest BCUT2D eigenvalue weighted by molar-refractivity contribution is 0.953. The Morgan fingerprint density at radius 2 is 1.94 bits per heavy atom. The first-order valence-electron chi connectivity index (χ1n) is 5.87. The van der Waals surface area contributed by atoms with Crippen LogP contribution in [0.2, 0.25) is 5.02 Å². The van der Waals surface area contributed by atoms with Gasteiger partial charge in [0, 0.05) is 23.5 Å². The monoisotopic (exact) mass is 262 g/mol. The van der Waals surface area contributed by atoms with Crippen LogP contribution >= 0.6 is 11.6 Å². The van der Waals surface area contributed by atoms with Gasteiger partial charge in [-0.25, -0.2) is 4.98 Å². The molecule has 0 spiro atoms. The van der Waals surface area contributed by atoms with E-state index in [1.807, 2.05) is 30.3 Å². The second-order valence-electron chi connectivity index (χ2n) is 3.82. The molecule has 2 rings (SSSR count). The van der Waals surface area contributed by atoms with Crippen molar-refractivity contribution >= 4 is 29.1 Å². The zero-order valence-corrected chi connectivity index (χ0v) is 10.9. The van der Waals surface area contributed by atoms with Crippen LogP contribution in [0.1, 0.15) is 13.3 Å². The second kappa shape index (κ2) is 6.21. The van der Waals surface area contributed by atoms with Gasteiger partial charge in [-0.1, -0.05) is 18.5 Å². The number of aromatic nitrogens is 2. The fourth-order valence-electron chi connectivity index (χ4n) is 1.43. The van der Waals surface area contributed by atoms with E-state index in [-0.39, 0.29) is 0 Å². The highest BCUT2D eigenvalue weighted by Gasteiger charge is 1.99. The minimum absolute atomic E-state index is 0.635. The number of hydrogen-bond donors (Lipinski definition) is 2. The van der Waals surface area contributed by atoms with Crippen LogP contribution in [0.5, 0.6) is 0 Å². The Hall–Kier alpha value is -1.81. The molecule has 2 aromatic rings. The minimum Gasteiger partial charge on any atom is -0.354 e. The van der Waals surface area contributed by atoms with E-state index in [1.165, 1.54) is 0 Å². The third-order valence-corrected chi connectivity index (χ3v) is 2.56. The average molecular weight is 263 g/mol. The molecule has 1 heterocycles. The molecule has 0 fully saturated rings. The lowest BCUT2D eigenvalue weighted by Gasteiger charge is -2.07. The van der Waals surface area contributed by atoms with Crippen molar-refractivity contribution in [3.05, 3.63) is 41.6 Å². The minimum atomic E-state index is 0.635. The molecule has 1 aromatic carbocycles. The molecule has 0 aliphatic carbocycles. The molecule has 4 nitrogen and oxygen atoms in total. The number of anilines is 3. The summed E-state index contributed by atoms with van der Waals surface area (Å²) in [5.41, 5.74) is 0.944. The van der Waals surface area contributed by atoms with Gasteiger partial charge in [0.2, 0.25) is 5.95 Å². The Kier molecular flexibility index (Phi) is 4.36. The van der Waals surface area contributed by atoms with Gasteiger partial charge in [-0.3, -0.25) is 0 Å². The van der Waals surface area contributed by atoms with Crippen molar-refractivity contribution in [1.29, 1.82) is 0 Å². The molecule has 0 atom stereocenters. The van der Waals surface area contributed by atoms with Crippen molar-refractivity contribution in [2.45, 2.75) is 13.3 Å². The van der Waals surface area contributed by atoms with Crippen LogP contribution in [0, 0.1) is 0 Å². The van der Waals surface area contributed by atoms with Crippen molar-refractivity contribution in [3.63, 3.8) is 0 Å².